The largest absolute Gasteiger partial charge is 0.481 e. The van der Waals surface area contributed by atoms with Crippen molar-refractivity contribution in [2.75, 3.05) is 5.75 Å². The lowest BCUT2D eigenvalue weighted by Gasteiger charge is -2.24. The summed E-state index contributed by atoms with van der Waals surface area (Å²) in [4.78, 5) is 11.2. The summed E-state index contributed by atoms with van der Waals surface area (Å²) < 4.78 is 26.6. The van der Waals surface area contributed by atoms with Gasteiger partial charge in [0.2, 0.25) is 10.0 Å². The van der Waals surface area contributed by atoms with Gasteiger partial charge in [-0.25, -0.2) is 8.42 Å². The molecule has 0 aromatic heterocycles. The van der Waals surface area contributed by atoms with E-state index in [9.17, 15) is 18.3 Å². The Balaban J connectivity index is 2.16. The minimum atomic E-state index is -3.32. The van der Waals surface area contributed by atoms with E-state index >= 15 is 0 Å². The molecule has 2 fully saturated rings. The lowest BCUT2D eigenvalue weighted by molar-refractivity contribution is -0.142. The highest BCUT2D eigenvalue weighted by Gasteiger charge is 2.54. The summed E-state index contributed by atoms with van der Waals surface area (Å²) in [5, 5.41) is 9.17. The second kappa shape index (κ2) is 5.40. The van der Waals surface area contributed by atoms with E-state index in [0.717, 1.165) is 19.3 Å². The first-order valence-electron chi connectivity index (χ1n) is 7.14. The maximum absolute atomic E-state index is 12.5. The van der Waals surface area contributed by atoms with Gasteiger partial charge in [0.15, 0.2) is 0 Å². The summed E-state index contributed by atoms with van der Waals surface area (Å²) in [6.07, 6.45) is 3.70. The van der Waals surface area contributed by atoms with Crippen molar-refractivity contribution in [2.24, 2.45) is 11.8 Å². The third-order valence-corrected chi connectivity index (χ3v) is 6.82. The number of aliphatic carboxylic acids is 1. The fraction of sp³-hybridized carbons (Fsp3) is 0.923. The molecule has 0 aliphatic carbocycles. The van der Waals surface area contributed by atoms with E-state index in [2.05, 4.69) is 0 Å². The van der Waals surface area contributed by atoms with Crippen molar-refractivity contribution in [1.29, 1.82) is 0 Å². The van der Waals surface area contributed by atoms with Crippen molar-refractivity contribution in [3.8, 4) is 0 Å². The summed E-state index contributed by atoms with van der Waals surface area (Å²) in [5.41, 5.74) is 0. The van der Waals surface area contributed by atoms with Gasteiger partial charge in [0.1, 0.15) is 0 Å². The third kappa shape index (κ3) is 2.65. The van der Waals surface area contributed by atoms with Crippen molar-refractivity contribution in [2.45, 2.75) is 58.0 Å². The van der Waals surface area contributed by atoms with Crippen LogP contribution in [0.25, 0.3) is 0 Å². The predicted molar refractivity (Wildman–Crippen MR) is 72.3 cm³/mol. The first-order chi connectivity index (χ1) is 8.90. The Morgan fingerprint density at radius 3 is 2.42 bits per heavy atom. The number of fused-ring (bicyclic) bond motifs is 2. The van der Waals surface area contributed by atoms with Crippen LogP contribution >= 0.6 is 0 Å². The molecule has 0 saturated carbocycles. The van der Waals surface area contributed by atoms with Crippen LogP contribution in [0.3, 0.4) is 0 Å². The standard InChI is InChI=1S/C13H23NO4S/c1-3-9(4-2)8-19(17,18)14-10-5-6-12(14)11(7-10)13(15)16/h9-12H,3-8H2,1-2H3,(H,15,16). The summed E-state index contributed by atoms with van der Waals surface area (Å²) in [5.74, 6) is -1.02. The number of carboxylic acid groups (broad SMARTS) is 1. The molecule has 3 atom stereocenters. The first-order valence-corrected chi connectivity index (χ1v) is 8.75. The highest BCUT2D eigenvalue weighted by Crippen LogP contribution is 2.44. The van der Waals surface area contributed by atoms with Crippen molar-refractivity contribution < 1.29 is 18.3 Å². The monoisotopic (exact) mass is 289 g/mol. The maximum Gasteiger partial charge on any atom is 0.308 e. The zero-order valence-corrected chi connectivity index (χ0v) is 12.4. The molecule has 0 aromatic carbocycles. The van der Waals surface area contributed by atoms with Gasteiger partial charge in [-0.3, -0.25) is 4.79 Å². The molecule has 0 aromatic rings. The van der Waals surface area contributed by atoms with Crippen LogP contribution in [-0.4, -0.2) is 41.6 Å². The van der Waals surface area contributed by atoms with Gasteiger partial charge < -0.3 is 5.11 Å². The van der Waals surface area contributed by atoms with Gasteiger partial charge in [-0.1, -0.05) is 26.7 Å². The normalized spacial score (nSPS) is 31.2. The summed E-state index contributed by atoms with van der Waals surface area (Å²) in [6, 6.07) is -0.382. The number of rotatable bonds is 6. The van der Waals surface area contributed by atoms with E-state index in [-0.39, 0.29) is 23.8 Å². The van der Waals surface area contributed by atoms with Crippen LogP contribution in [0, 0.1) is 11.8 Å². The second-order valence-corrected chi connectivity index (χ2v) is 7.69. The van der Waals surface area contributed by atoms with Crippen LogP contribution in [0.2, 0.25) is 0 Å². The number of hydrogen-bond donors (Lipinski definition) is 1. The molecule has 3 unspecified atom stereocenters. The van der Waals surface area contributed by atoms with Gasteiger partial charge in [0.25, 0.3) is 0 Å². The Bertz CT molecular complexity index is 444. The van der Waals surface area contributed by atoms with Crippen LogP contribution in [0.1, 0.15) is 46.0 Å². The summed E-state index contributed by atoms with van der Waals surface area (Å²) >= 11 is 0. The number of nitrogens with zero attached hydrogens (tertiary/aromatic N) is 1. The van der Waals surface area contributed by atoms with Crippen molar-refractivity contribution >= 4 is 16.0 Å². The van der Waals surface area contributed by atoms with Gasteiger partial charge in [-0.2, -0.15) is 4.31 Å². The fourth-order valence-electron chi connectivity index (χ4n) is 3.55. The van der Waals surface area contributed by atoms with Crippen LogP contribution in [-0.2, 0) is 14.8 Å². The molecule has 2 aliphatic rings. The molecule has 2 heterocycles. The Morgan fingerprint density at radius 2 is 1.95 bits per heavy atom. The Kier molecular flexibility index (Phi) is 4.20. The van der Waals surface area contributed by atoms with Gasteiger partial charge in [0.05, 0.1) is 11.7 Å². The highest BCUT2D eigenvalue weighted by molar-refractivity contribution is 7.89. The average Bonchev–Trinajstić information content (AvgIpc) is 2.94. The van der Waals surface area contributed by atoms with E-state index in [0.29, 0.717) is 12.8 Å². The molecule has 6 heteroatoms. The van der Waals surface area contributed by atoms with Gasteiger partial charge in [-0.15, -0.1) is 0 Å². The molecule has 0 spiro atoms. The van der Waals surface area contributed by atoms with Crippen molar-refractivity contribution in [1.82, 2.24) is 4.31 Å². The molecule has 2 rings (SSSR count). The number of carboxylic acids is 1. The quantitative estimate of drug-likeness (QED) is 0.807. The zero-order valence-electron chi connectivity index (χ0n) is 11.6. The fourth-order valence-corrected chi connectivity index (χ4v) is 6.10. The zero-order chi connectivity index (χ0) is 14.2. The molecular formula is C13H23NO4S. The molecule has 19 heavy (non-hydrogen) atoms. The SMILES string of the molecule is CCC(CC)CS(=O)(=O)N1C2CCC1C(C(=O)O)C2. The van der Waals surface area contributed by atoms with E-state index in [1.807, 2.05) is 13.8 Å². The molecule has 110 valence electrons. The molecule has 2 bridgehead atoms. The van der Waals surface area contributed by atoms with Crippen molar-refractivity contribution in [3.63, 3.8) is 0 Å². The van der Waals surface area contributed by atoms with E-state index in [4.69, 9.17) is 0 Å². The van der Waals surface area contributed by atoms with Crippen LogP contribution < -0.4 is 0 Å². The predicted octanol–water partition coefficient (Wildman–Crippen LogP) is 1.69. The van der Waals surface area contributed by atoms with Crippen LogP contribution in [0.15, 0.2) is 0 Å². The lowest BCUT2D eigenvalue weighted by atomic mass is 9.89. The minimum Gasteiger partial charge on any atom is -0.481 e. The number of hydrogen-bond acceptors (Lipinski definition) is 3. The molecular weight excluding hydrogens is 266 g/mol. The third-order valence-electron chi connectivity index (χ3n) is 4.71. The molecule has 2 saturated heterocycles. The molecule has 5 nitrogen and oxygen atoms in total. The van der Waals surface area contributed by atoms with E-state index < -0.39 is 21.9 Å². The lowest BCUT2D eigenvalue weighted by Crippen LogP contribution is -2.40. The molecule has 2 aliphatic heterocycles. The Hall–Kier alpha value is -0.620. The van der Waals surface area contributed by atoms with E-state index in [1.54, 1.807) is 0 Å². The topological polar surface area (TPSA) is 74.7 Å². The van der Waals surface area contributed by atoms with Gasteiger partial charge in [0, 0.05) is 12.1 Å². The highest BCUT2D eigenvalue weighted by atomic mass is 32.2. The summed E-state index contributed by atoms with van der Waals surface area (Å²) in [6.45, 7) is 4.00. The average molecular weight is 289 g/mol. The maximum atomic E-state index is 12.5. The van der Waals surface area contributed by atoms with Crippen LogP contribution in [0.4, 0.5) is 0 Å². The molecule has 1 N–H and O–H groups in total. The smallest absolute Gasteiger partial charge is 0.308 e. The Morgan fingerprint density at radius 1 is 1.32 bits per heavy atom. The van der Waals surface area contributed by atoms with E-state index in [1.165, 1.54) is 4.31 Å². The Labute approximate surface area is 115 Å². The second-order valence-electron chi connectivity index (χ2n) is 5.77. The minimum absolute atomic E-state index is 0.0783. The molecule has 0 radical (unpaired) electrons. The van der Waals surface area contributed by atoms with Crippen molar-refractivity contribution in [3.05, 3.63) is 0 Å². The van der Waals surface area contributed by atoms with Gasteiger partial charge in [-0.05, 0) is 25.2 Å². The van der Waals surface area contributed by atoms with Gasteiger partial charge >= 0.3 is 5.97 Å². The number of carbonyl (C=O) groups is 1. The first kappa shape index (κ1) is 14.8. The van der Waals surface area contributed by atoms with Crippen LogP contribution in [0.5, 0.6) is 0 Å². The number of sulfonamides is 1. The molecule has 0 amide bonds. The summed E-state index contributed by atoms with van der Waals surface area (Å²) in [7, 11) is -3.32.